The molecule has 6 nitrogen and oxygen atoms in total. The van der Waals surface area contributed by atoms with E-state index in [1.165, 1.54) is 18.6 Å². The van der Waals surface area contributed by atoms with Crippen molar-refractivity contribution in [2.45, 2.75) is 43.0 Å². The average molecular weight is 465 g/mol. The Labute approximate surface area is 186 Å². The van der Waals surface area contributed by atoms with E-state index in [2.05, 4.69) is 9.71 Å². The predicted molar refractivity (Wildman–Crippen MR) is 122 cm³/mol. The van der Waals surface area contributed by atoms with Gasteiger partial charge < -0.3 is 4.90 Å². The largest absolute Gasteiger partial charge is 0.354 e. The van der Waals surface area contributed by atoms with Crippen molar-refractivity contribution in [3.8, 4) is 0 Å². The van der Waals surface area contributed by atoms with Gasteiger partial charge in [-0.15, -0.1) is 0 Å². The van der Waals surface area contributed by atoms with Crippen LogP contribution in [0.15, 0.2) is 47.4 Å². The van der Waals surface area contributed by atoms with E-state index in [9.17, 15) is 8.42 Å². The van der Waals surface area contributed by atoms with Gasteiger partial charge in [-0.3, -0.25) is 4.72 Å². The van der Waals surface area contributed by atoms with E-state index in [1.807, 2.05) is 30.1 Å². The van der Waals surface area contributed by atoms with Gasteiger partial charge in [-0.1, -0.05) is 54.6 Å². The first kappa shape index (κ1) is 21.2. The summed E-state index contributed by atoms with van der Waals surface area (Å²) in [6, 6.07) is 12.0. The number of hydrogen-bond donors (Lipinski definition) is 1. The van der Waals surface area contributed by atoms with Crippen LogP contribution in [0, 0.1) is 0 Å². The fourth-order valence-corrected chi connectivity index (χ4v) is 5.58. The molecule has 0 spiro atoms. The van der Waals surface area contributed by atoms with E-state index >= 15 is 0 Å². The van der Waals surface area contributed by atoms with Crippen LogP contribution >= 0.6 is 23.2 Å². The summed E-state index contributed by atoms with van der Waals surface area (Å²) in [6.45, 7) is 0. The molecule has 0 aliphatic heterocycles. The molecule has 3 aromatic rings. The molecule has 158 valence electrons. The van der Waals surface area contributed by atoms with Crippen molar-refractivity contribution >= 4 is 55.9 Å². The second-order valence-corrected chi connectivity index (χ2v) is 9.96. The predicted octanol–water partition coefficient (Wildman–Crippen LogP) is 5.51. The summed E-state index contributed by atoms with van der Waals surface area (Å²) in [6.07, 6.45) is 5.60. The molecule has 9 heteroatoms. The fourth-order valence-electron chi connectivity index (χ4n) is 3.81. The van der Waals surface area contributed by atoms with Crippen molar-refractivity contribution in [1.82, 2.24) is 9.97 Å². The molecule has 1 aromatic heterocycles. The SMILES string of the molecule is CN(c1nc2ccccc2nc1NS(=O)(=O)c1cc(Cl)ccc1Cl)C1CCCCC1. The zero-order valence-corrected chi connectivity index (χ0v) is 18.8. The van der Waals surface area contributed by atoms with E-state index in [0.29, 0.717) is 16.9 Å². The number of para-hydroxylation sites is 2. The smallest absolute Gasteiger partial charge is 0.264 e. The Balaban J connectivity index is 1.79. The van der Waals surface area contributed by atoms with E-state index in [0.717, 1.165) is 25.7 Å². The van der Waals surface area contributed by atoms with Crippen LogP contribution < -0.4 is 9.62 Å². The highest BCUT2D eigenvalue weighted by Gasteiger charge is 2.26. The Hall–Kier alpha value is -2.09. The molecular formula is C21H22Cl2N4O2S. The highest BCUT2D eigenvalue weighted by atomic mass is 35.5. The number of anilines is 2. The van der Waals surface area contributed by atoms with Gasteiger partial charge in [0, 0.05) is 18.1 Å². The normalized spacial score (nSPS) is 15.3. The molecule has 1 aliphatic rings. The molecule has 4 rings (SSSR count). The third-order valence-electron chi connectivity index (χ3n) is 5.42. The maximum Gasteiger partial charge on any atom is 0.264 e. The van der Waals surface area contributed by atoms with Crippen molar-refractivity contribution in [3.05, 3.63) is 52.5 Å². The second kappa shape index (κ2) is 8.57. The minimum Gasteiger partial charge on any atom is -0.354 e. The van der Waals surface area contributed by atoms with Gasteiger partial charge in [0.15, 0.2) is 11.6 Å². The van der Waals surface area contributed by atoms with Gasteiger partial charge in [0.05, 0.1) is 16.1 Å². The molecule has 0 unspecified atom stereocenters. The average Bonchev–Trinajstić information content (AvgIpc) is 2.74. The third kappa shape index (κ3) is 4.33. The lowest BCUT2D eigenvalue weighted by Crippen LogP contribution is -2.35. The molecule has 1 fully saturated rings. The first-order valence-electron chi connectivity index (χ1n) is 9.82. The van der Waals surface area contributed by atoms with Gasteiger partial charge in [0.2, 0.25) is 0 Å². The van der Waals surface area contributed by atoms with Crippen LogP contribution in [0.5, 0.6) is 0 Å². The molecule has 0 amide bonds. The minimum absolute atomic E-state index is 0.0860. The van der Waals surface area contributed by atoms with Crippen molar-refractivity contribution in [3.63, 3.8) is 0 Å². The van der Waals surface area contributed by atoms with Gasteiger partial charge in [-0.05, 0) is 43.2 Å². The van der Waals surface area contributed by atoms with Crippen LogP contribution in [0.1, 0.15) is 32.1 Å². The van der Waals surface area contributed by atoms with Crippen LogP contribution in [-0.2, 0) is 10.0 Å². The van der Waals surface area contributed by atoms with Gasteiger partial charge in [-0.25, -0.2) is 18.4 Å². The molecule has 0 radical (unpaired) electrons. The number of halogens is 2. The number of hydrogen-bond acceptors (Lipinski definition) is 5. The summed E-state index contributed by atoms with van der Waals surface area (Å²) in [4.78, 5) is 11.3. The van der Waals surface area contributed by atoms with Crippen LogP contribution in [-0.4, -0.2) is 31.5 Å². The van der Waals surface area contributed by atoms with Gasteiger partial charge in [-0.2, -0.15) is 0 Å². The summed E-state index contributed by atoms with van der Waals surface area (Å²) in [5.74, 6) is 0.681. The van der Waals surface area contributed by atoms with Crippen LogP contribution in [0.25, 0.3) is 11.0 Å². The van der Waals surface area contributed by atoms with Crippen molar-refractivity contribution < 1.29 is 8.42 Å². The second-order valence-electron chi connectivity index (χ2n) is 7.47. The number of sulfonamides is 1. The minimum atomic E-state index is -4.02. The number of nitrogens with one attached hydrogen (secondary N) is 1. The number of aromatic nitrogens is 2. The summed E-state index contributed by atoms with van der Waals surface area (Å²) < 4.78 is 28.8. The Morgan fingerprint density at radius 1 is 1.00 bits per heavy atom. The maximum atomic E-state index is 13.1. The highest BCUT2D eigenvalue weighted by Crippen LogP contribution is 2.33. The molecule has 1 heterocycles. The van der Waals surface area contributed by atoms with Crippen LogP contribution in [0.2, 0.25) is 10.0 Å². The van der Waals surface area contributed by atoms with Crippen LogP contribution in [0.3, 0.4) is 0 Å². The Kier molecular flexibility index (Phi) is 6.04. The van der Waals surface area contributed by atoms with Crippen molar-refractivity contribution in [2.24, 2.45) is 0 Å². The van der Waals surface area contributed by atoms with Gasteiger partial charge >= 0.3 is 0 Å². The maximum absolute atomic E-state index is 13.1. The summed E-state index contributed by atoms with van der Waals surface area (Å²) in [7, 11) is -2.07. The van der Waals surface area contributed by atoms with Crippen LogP contribution in [0.4, 0.5) is 11.6 Å². The summed E-state index contributed by atoms with van der Waals surface area (Å²) >= 11 is 12.1. The molecule has 1 saturated carbocycles. The van der Waals surface area contributed by atoms with Gasteiger partial charge in [0.25, 0.3) is 10.0 Å². The standard InChI is InChI=1S/C21H22Cl2N4O2S/c1-27(15-7-3-2-4-8-15)21-20(24-17-9-5-6-10-18(17)25-21)26-30(28,29)19-13-14(22)11-12-16(19)23/h5-6,9-13,15H,2-4,7-8H2,1H3,(H,24,26). The van der Waals surface area contributed by atoms with E-state index in [4.69, 9.17) is 28.2 Å². The zero-order chi connectivity index (χ0) is 21.3. The van der Waals surface area contributed by atoms with Crippen molar-refractivity contribution in [1.29, 1.82) is 0 Å². The molecule has 0 saturated heterocycles. The Morgan fingerprint density at radius 2 is 1.67 bits per heavy atom. The molecule has 0 atom stereocenters. The third-order valence-corrected chi connectivity index (χ3v) is 7.48. The topological polar surface area (TPSA) is 75.2 Å². The highest BCUT2D eigenvalue weighted by molar-refractivity contribution is 7.92. The first-order valence-corrected chi connectivity index (χ1v) is 12.1. The lowest BCUT2D eigenvalue weighted by molar-refractivity contribution is 0.426. The fraction of sp³-hybridized carbons (Fsp3) is 0.333. The number of nitrogens with zero attached hydrogens (tertiary/aromatic N) is 3. The number of rotatable bonds is 5. The molecular weight excluding hydrogens is 443 g/mol. The first-order chi connectivity index (χ1) is 14.3. The van der Waals surface area contributed by atoms with E-state index in [-0.39, 0.29) is 26.8 Å². The molecule has 1 N–H and O–H groups in total. The quantitative estimate of drug-likeness (QED) is 0.538. The molecule has 1 aliphatic carbocycles. The number of benzene rings is 2. The van der Waals surface area contributed by atoms with E-state index < -0.39 is 10.0 Å². The van der Waals surface area contributed by atoms with Crippen molar-refractivity contribution in [2.75, 3.05) is 16.7 Å². The summed E-state index contributed by atoms with van der Waals surface area (Å²) in [5, 5.41) is 0.367. The molecule has 0 bridgehead atoms. The lowest BCUT2D eigenvalue weighted by atomic mass is 9.94. The Bertz CT molecular complexity index is 1180. The van der Waals surface area contributed by atoms with Gasteiger partial charge in [0.1, 0.15) is 4.90 Å². The Morgan fingerprint density at radius 3 is 2.37 bits per heavy atom. The zero-order valence-electron chi connectivity index (χ0n) is 16.5. The monoisotopic (exact) mass is 464 g/mol. The van der Waals surface area contributed by atoms with E-state index in [1.54, 1.807) is 12.1 Å². The lowest BCUT2D eigenvalue weighted by Gasteiger charge is -2.33. The summed E-state index contributed by atoms with van der Waals surface area (Å²) in [5.41, 5.74) is 1.31. The number of fused-ring (bicyclic) bond motifs is 1. The molecule has 30 heavy (non-hydrogen) atoms. The molecule has 2 aromatic carbocycles.